The van der Waals surface area contributed by atoms with Crippen LogP contribution in [0, 0.1) is 0 Å². The number of rotatable bonds is 7. The lowest BCUT2D eigenvalue weighted by atomic mass is 10.8. The summed E-state index contributed by atoms with van der Waals surface area (Å²) >= 11 is 0.0990. The van der Waals surface area contributed by atoms with Crippen molar-refractivity contribution < 1.29 is 13.5 Å². The molecule has 0 spiro atoms. The fourth-order valence-electron chi connectivity index (χ4n) is 0.494. The standard InChI is InChI=1S/C6H14O3S2/c1-2-10-5-3-9-4-6-11(7)8/h2-6H2,1H3,(H,7,8). The first-order valence-electron chi connectivity index (χ1n) is 3.50. The molecule has 11 heavy (non-hydrogen) atoms. The average molecular weight is 198 g/mol. The first-order chi connectivity index (χ1) is 5.27. The van der Waals surface area contributed by atoms with E-state index >= 15 is 0 Å². The Balaban J connectivity index is 2.85. The molecule has 0 saturated heterocycles. The van der Waals surface area contributed by atoms with Gasteiger partial charge in [-0.1, -0.05) is 6.92 Å². The predicted molar refractivity (Wildman–Crippen MR) is 49.5 cm³/mol. The molecule has 0 aromatic heterocycles. The highest BCUT2D eigenvalue weighted by Crippen LogP contribution is 1.96. The van der Waals surface area contributed by atoms with Crippen molar-refractivity contribution in [2.45, 2.75) is 6.92 Å². The molecule has 1 atom stereocenters. The van der Waals surface area contributed by atoms with Crippen LogP contribution in [-0.2, 0) is 15.8 Å². The summed E-state index contributed by atoms with van der Waals surface area (Å²) in [6.07, 6.45) is 0. The molecule has 0 rings (SSSR count). The summed E-state index contributed by atoms with van der Waals surface area (Å²) in [4.78, 5) is 0. The number of thioether (sulfide) groups is 1. The third kappa shape index (κ3) is 10.4. The van der Waals surface area contributed by atoms with Crippen molar-refractivity contribution >= 4 is 22.8 Å². The van der Waals surface area contributed by atoms with E-state index in [0.717, 1.165) is 11.5 Å². The fraction of sp³-hybridized carbons (Fsp3) is 1.00. The number of ether oxygens (including phenoxy) is 1. The van der Waals surface area contributed by atoms with E-state index in [0.29, 0.717) is 13.2 Å². The van der Waals surface area contributed by atoms with Crippen molar-refractivity contribution in [2.75, 3.05) is 30.5 Å². The smallest absolute Gasteiger partial charge is 0.155 e. The van der Waals surface area contributed by atoms with Gasteiger partial charge in [-0.3, -0.25) is 0 Å². The highest BCUT2D eigenvalue weighted by Gasteiger charge is 1.92. The summed E-state index contributed by atoms with van der Waals surface area (Å²) in [6.45, 7) is 3.15. The molecule has 0 saturated carbocycles. The normalized spacial score (nSPS) is 13.3. The zero-order valence-electron chi connectivity index (χ0n) is 6.62. The molecule has 0 aromatic carbocycles. The lowest BCUT2D eigenvalue weighted by molar-refractivity contribution is 0.166. The molecule has 0 aliphatic rings. The molecule has 5 heteroatoms. The molecule has 0 heterocycles. The maximum absolute atomic E-state index is 10.1. The van der Waals surface area contributed by atoms with Crippen LogP contribution in [0.3, 0.4) is 0 Å². The van der Waals surface area contributed by atoms with Crippen molar-refractivity contribution in [3.05, 3.63) is 0 Å². The summed E-state index contributed by atoms with van der Waals surface area (Å²) in [5.74, 6) is 2.28. The third-order valence-electron chi connectivity index (χ3n) is 0.978. The Bertz CT molecular complexity index is 108. The van der Waals surface area contributed by atoms with Gasteiger partial charge in [0.15, 0.2) is 11.1 Å². The zero-order valence-corrected chi connectivity index (χ0v) is 8.25. The zero-order chi connectivity index (χ0) is 8.53. The monoisotopic (exact) mass is 198 g/mol. The lowest BCUT2D eigenvalue weighted by Crippen LogP contribution is -2.07. The molecule has 0 radical (unpaired) electrons. The quantitative estimate of drug-likeness (QED) is 0.489. The van der Waals surface area contributed by atoms with E-state index in [1.807, 2.05) is 0 Å². The minimum Gasteiger partial charge on any atom is -0.380 e. The van der Waals surface area contributed by atoms with Gasteiger partial charge in [-0.15, -0.1) is 0 Å². The van der Waals surface area contributed by atoms with Gasteiger partial charge in [-0.05, 0) is 5.75 Å². The van der Waals surface area contributed by atoms with Crippen molar-refractivity contribution in [3.63, 3.8) is 0 Å². The Hall–Kier alpha value is 0.420. The minimum absolute atomic E-state index is 0.219. The van der Waals surface area contributed by atoms with Crippen molar-refractivity contribution in [1.29, 1.82) is 0 Å². The van der Waals surface area contributed by atoms with Gasteiger partial charge in [0.05, 0.1) is 19.0 Å². The lowest BCUT2D eigenvalue weighted by Gasteiger charge is -2.00. The van der Waals surface area contributed by atoms with Crippen LogP contribution in [0.4, 0.5) is 0 Å². The molecule has 0 aromatic rings. The Morgan fingerprint density at radius 1 is 1.55 bits per heavy atom. The molecule has 68 valence electrons. The molecule has 0 aliphatic carbocycles. The maximum Gasteiger partial charge on any atom is 0.155 e. The van der Waals surface area contributed by atoms with Crippen LogP contribution >= 0.6 is 11.8 Å². The molecule has 3 nitrogen and oxygen atoms in total. The van der Waals surface area contributed by atoms with Crippen LogP contribution in [0.25, 0.3) is 0 Å². The maximum atomic E-state index is 10.1. The second-order valence-electron chi connectivity index (χ2n) is 1.83. The Morgan fingerprint density at radius 3 is 2.82 bits per heavy atom. The van der Waals surface area contributed by atoms with E-state index < -0.39 is 11.1 Å². The summed E-state index contributed by atoms with van der Waals surface area (Å²) < 4.78 is 23.5. The molecular weight excluding hydrogens is 184 g/mol. The number of hydrogen-bond donors (Lipinski definition) is 1. The van der Waals surface area contributed by atoms with Crippen molar-refractivity contribution in [2.24, 2.45) is 0 Å². The van der Waals surface area contributed by atoms with Crippen LogP contribution < -0.4 is 0 Å². The molecule has 0 amide bonds. The molecule has 1 unspecified atom stereocenters. The largest absolute Gasteiger partial charge is 0.380 e. The van der Waals surface area contributed by atoms with E-state index in [2.05, 4.69) is 6.92 Å². The summed E-state index contributed by atoms with van der Waals surface area (Å²) in [6, 6.07) is 0. The molecule has 0 bridgehead atoms. The Kier molecular flexibility index (Phi) is 8.84. The third-order valence-corrected chi connectivity index (χ3v) is 2.36. The van der Waals surface area contributed by atoms with Gasteiger partial charge in [0.2, 0.25) is 0 Å². The molecular formula is C6H14O3S2. The Labute approximate surface area is 74.2 Å². The Morgan fingerprint density at radius 2 is 2.27 bits per heavy atom. The van der Waals surface area contributed by atoms with Gasteiger partial charge >= 0.3 is 0 Å². The van der Waals surface area contributed by atoms with Crippen LogP contribution in [0.1, 0.15) is 6.92 Å². The van der Waals surface area contributed by atoms with Crippen LogP contribution in [0.2, 0.25) is 0 Å². The van der Waals surface area contributed by atoms with Gasteiger partial charge in [-0.2, -0.15) is 11.8 Å². The number of hydrogen-bond acceptors (Lipinski definition) is 3. The predicted octanol–water partition coefficient (Wildman–Crippen LogP) is 0.978. The van der Waals surface area contributed by atoms with Crippen LogP contribution in [0.5, 0.6) is 0 Å². The topological polar surface area (TPSA) is 46.5 Å². The van der Waals surface area contributed by atoms with Gasteiger partial charge in [0.25, 0.3) is 0 Å². The van der Waals surface area contributed by atoms with Gasteiger partial charge in [-0.25, -0.2) is 4.21 Å². The highest BCUT2D eigenvalue weighted by atomic mass is 32.2. The van der Waals surface area contributed by atoms with Crippen molar-refractivity contribution in [1.82, 2.24) is 0 Å². The molecule has 1 N–H and O–H groups in total. The van der Waals surface area contributed by atoms with E-state index in [-0.39, 0.29) is 5.75 Å². The van der Waals surface area contributed by atoms with Gasteiger partial charge in [0.1, 0.15) is 0 Å². The first-order valence-corrected chi connectivity index (χ1v) is 5.93. The van der Waals surface area contributed by atoms with Crippen LogP contribution in [0.15, 0.2) is 0 Å². The highest BCUT2D eigenvalue weighted by molar-refractivity contribution is 7.99. The second kappa shape index (κ2) is 8.52. The SMILES string of the molecule is CCSCCOCCS(=O)O. The van der Waals surface area contributed by atoms with Gasteiger partial charge < -0.3 is 9.29 Å². The van der Waals surface area contributed by atoms with Gasteiger partial charge in [0, 0.05) is 5.75 Å². The fourth-order valence-corrected chi connectivity index (χ4v) is 1.28. The van der Waals surface area contributed by atoms with E-state index in [1.54, 1.807) is 11.8 Å². The molecule has 0 aliphatic heterocycles. The second-order valence-corrected chi connectivity index (χ2v) is 4.28. The first kappa shape index (κ1) is 11.4. The van der Waals surface area contributed by atoms with E-state index in [9.17, 15) is 4.21 Å². The van der Waals surface area contributed by atoms with Crippen molar-refractivity contribution in [3.8, 4) is 0 Å². The average Bonchev–Trinajstić information content (AvgIpc) is 1.96. The summed E-state index contributed by atoms with van der Waals surface area (Å²) in [7, 11) is 0. The summed E-state index contributed by atoms with van der Waals surface area (Å²) in [5, 5.41) is 0. The summed E-state index contributed by atoms with van der Waals surface area (Å²) in [5.41, 5.74) is 0. The minimum atomic E-state index is -1.70. The van der Waals surface area contributed by atoms with E-state index in [4.69, 9.17) is 9.29 Å². The molecule has 0 fully saturated rings. The van der Waals surface area contributed by atoms with Crippen LogP contribution in [-0.4, -0.2) is 39.2 Å². The van der Waals surface area contributed by atoms with E-state index in [1.165, 1.54) is 0 Å².